The highest BCUT2D eigenvalue weighted by atomic mass is 35.5. The van der Waals surface area contributed by atoms with E-state index in [-0.39, 0.29) is 23.3 Å². The highest BCUT2D eigenvalue weighted by Crippen LogP contribution is 2.43. The molecule has 4 rings (SSSR count). The highest BCUT2D eigenvalue weighted by molar-refractivity contribution is 6.21. The second kappa shape index (κ2) is 7.26. The SMILES string of the molecule is O=C(O)C1NNC2CC(Cl)C(c3ccc(C4CCCCC4)cc3)CC21. The molecule has 2 aliphatic carbocycles. The van der Waals surface area contributed by atoms with E-state index in [1.54, 1.807) is 0 Å². The normalized spacial score (nSPS) is 36.1. The van der Waals surface area contributed by atoms with Crippen LogP contribution in [0.15, 0.2) is 24.3 Å². The molecule has 136 valence electrons. The van der Waals surface area contributed by atoms with Crippen molar-refractivity contribution in [3.63, 3.8) is 0 Å². The van der Waals surface area contributed by atoms with Crippen LogP contribution in [0.5, 0.6) is 0 Å². The number of aliphatic carboxylic acids is 1. The zero-order chi connectivity index (χ0) is 17.4. The monoisotopic (exact) mass is 362 g/mol. The van der Waals surface area contributed by atoms with Gasteiger partial charge < -0.3 is 5.11 Å². The first-order chi connectivity index (χ1) is 12.1. The molecule has 0 radical (unpaired) electrons. The molecule has 25 heavy (non-hydrogen) atoms. The Hall–Kier alpha value is -1.10. The molecule has 4 nitrogen and oxygen atoms in total. The van der Waals surface area contributed by atoms with Crippen molar-refractivity contribution in [3.8, 4) is 0 Å². The lowest BCUT2D eigenvalue weighted by molar-refractivity contribution is -0.140. The summed E-state index contributed by atoms with van der Waals surface area (Å²) in [6, 6.07) is 8.66. The molecule has 0 aromatic heterocycles. The summed E-state index contributed by atoms with van der Waals surface area (Å²) >= 11 is 6.68. The molecule has 1 aliphatic heterocycles. The molecule has 0 spiro atoms. The van der Waals surface area contributed by atoms with E-state index in [9.17, 15) is 9.90 Å². The third-order valence-corrected chi connectivity index (χ3v) is 7.00. The number of benzene rings is 1. The van der Waals surface area contributed by atoms with Gasteiger partial charge in [-0.15, -0.1) is 11.6 Å². The van der Waals surface area contributed by atoms with Gasteiger partial charge in [0.05, 0.1) is 0 Å². The molecule has 0 bridgehead atoms. The molecule has 3 fully saturated rings. The number of hydrazine groups is 1. The second-order valence-corrected chi connectivity index (χ2v) is 8.53. The first-order valence-electron chi connectivity index (χ1n) is 9.61. The Bertz CT molecular complexity index is 615. The summed E-state index contributed by atoms with van der Waals surface area (Å²) in [5.74, 6) is 0.256. The molecule has 5 unspecified atom stereocenters. The number of rotatable bonds is 3. The predicted molar refractivity (Wildman–Crippen MR) is 98.9 cm³/mol. The van der Waals surface area contributed by atoms with E-state index in [4.69, 9.17) is 11.6 Å². The van der Waals surface area contributed by atoms with E-state index in [0.717, 1.165) is 12.8 Å². The maximum Gasteiger partial charge on any atom is 0.322 e. The molecule has 1 aromatic rings. The van der Waals surface area contributed by atoms with Crippen molar-refractivity contribution < 1.29 is 9.90 Å². The number of alkyl halides is 1. The zero-order valence-electron chi connectivity index (χ0n) is 14.5. The fraction of sp³-hybridized carbons (Fsp3) is 0.650. The van der Waals surface area contributed by atoms with Crippen LogP contribution in [-0.2, 0) is 4.79 Å². The van der Waals surface area contributed by atoms with Crippen LogP contribution in [0.4, 0.5) is 0 Å². The summed E-state index contributed by atoms with van der Waals surface area (Å²) in [5, 5.41) is 9.47. The number of fused-ring (bicyclic) bond motifs is 1. The quantitative estimate of drug-likeness (QED) is 0.716. The lowest BCUT2D eigenvalue weighted by Crippen LogP contribution is -2.41. The van der Waals surface area contributed by atoms with E-state index >= 15 is 0 Å². The standard InChI is InChI=1S/C20H27ClN2O2/c21-17-11-18-16(19(20(24)25)23-22-18)10-15(17)14-8-6-13(7-9-14)12-4-2-1-3-5-12/h6-9,12,15-19,22-23H,1-5,10-11H2,(H,24,25). The van der Waals surface area contributed by atoms with E-state index < -0.39 is 12.0 Å². The predicted octanol–water partition coefficient (Wildman–Crippen LogP) is 3.76. The number of hydrogen-bond acceptors (Lipinski definition) is 3. The third kappa shape index (κ3) is 3.44. The van der Waals surface area contributed by atoms with Crippen molar-refractivity contribution in [3.05, 3.63) is 35.4 Å². The average Bonchev–Trinajstić information content (AvgIpc) is 3.05. The van der Waals surface area contributed by atoms with Crippen LogP contribution < -0.4 is 10.9 Å². The van der Waals surface area contributed by atoms with Crippen LogP contribution in [0, 0.1) is 5.92 Å². The van der Waals surface area contributed by atoms with Gasteiger partial charge in [0.1, 0.15) is 6.04 Å². The Labute approximate surface area is 154 Å². The van der Waals surface area contributed by atoms with Gasteiger partial charge in [-0.05, 0) is 42.7 Å². The number of carboxylic acids is 1. The van der Waals surface area contributed by atoms with Gasteiger partial charge in [0, 0.05) is 23.3 Å². The van der Waals surface area contributed by atoms with E-state index in [1.165, 1.54) is 43.2 Å². The van der Waals surface area contributed by atoms with Gasteiger partial charge in [-0.1, -0.05) is 43.5 Å². The smallest absolute Gasteiger partial charge is 0.322 e. The largest absolute Gasteiger partial charge is 0.480 e. The molecule has 0 amide bonds. The van der Waals surface area contributed by atoms with Gasteiger partial charge in [-0.3, -0.25) is 10.2 Å². The first kappa shape index (κ1) is 17.3. The zero-order valence-corrected chi connectivity index (χ0v) is 15.2. The van der Waals surface area contributed by atoms with Gasteiger partial charge in [0.25, 0.3) is 0 Å². The van der Waals surface area contributed by atoms with Crippen molar-refractivity contribution in [2.45, 2.75) is 74.2 Å². The van der Waals surface area contributed by atoms with Crippen LogP contribution in [0.3, 0.4) is 0 Å². The summed E-state index contributed by atoms with van der Waals surface area (Å²) in [7, 11) is 0. The Morgan fingerprint density at radius 3 is 2.36 bits per heavy atom. The second-order valence-electron chi connectivity index (χ2n) is 7.97. The van der Waals surface area contributed by atoms with Crippen molar-refractivity contribution in [1.82, 2.24) is 10.9 Å². The molecule has 1 heterocycles. The minimum absolute atomic E-state index is 0.0450. The van der Waals surface area contributed by atoms with Gasteiger partial charge >= 0.3 is 5.97 Å². The first-order valence-corrected chi connectivity index (χ1v) is 10.0. The van der Waals surface area contributed by atoms with Crippen LogP contribution in [0.2, 0.25) is 0 Å². The van der Waals surface area contributed by atoms with E-state index in [2.05, 4.69) is 35.1 Å². The number of halogens is 1. The van der Waals surface area contributed by atoms with E-state index in [0.29, 0.717) is 5.92 Å². The molecule has 1 saturated heterocycles. The third-order valence-electron chi connectivity index (χ3n) is 6.52. The fourth-order valence-corrected chi connectivity index (χ4v) is 5.51. The Morgan fingerprint density at radius 1 is 1.00 bits per heavy atom. The van der Waals surface area contributed by atoms with E-state index in [1.807, 2.05) is 0 Å². The van der Waals surface area contributed by atoms with Crippen molar-refractivity contribution in [2.75, 3.05) is 0 Å². The molecule has 3 aliphatic rings. The topological polar surface area (TPSA) is 61.4 Å². The Balaban J connectivity index is 1.49. The molecule has 1 aromatic carbocycles. The number of hydrogen-bond donors (Lipinski definition) is 3. The fourth-order valence-electron chi connectivity index (χ4n) is 5.07. The summed E-state index contributed by atoms with van der Waals surface area (Å²) in [4.78, 5) is 11.5. The van der Waals surface area contributed by atoms with Gasteiger partial charge in [-0.25, -0.2) is 5.43 Å². The van der Waals surface area contributed by atoms with Crippen molar-refractivity contribution in [1.29, 1.82) is 0 Å². The van der Waals surface area contributed by atoms with Crippen LogP contribution in [0.1, 0.15) is 67.9 Å². The Morgan fingerprint density at radius 2 is 1.68 bits per heavy atom. The minimum atomic E-state index is -0.778. The van der Waals surface area contributed by atoms with Gasteiger partial charge in [-0.2, -0.15) is 0 Å². The molecule has 2 saturated carbocycles. The number of carbonyl (C=O) groups is 1. The molecule has 5 heteroatoms. The van der Waals surface area contributed by atoms with Gasteiger partial charge in [0.2, 0.25) is 0 Å². The van der Waals surface area contributed by atoms with Crippen LogP contribution >= 0.6 is 11.6 Å². The maximum atomic E-state index is 11.5. The lowest BCUT2D eigenvalue weighted by Gasteiger charge is -2.36. The Kier molecular flexibility index (Phi) is 5.03. The molecule has 5 atom stereocenters. The van der Waals surface area contributed by atoms with Crippen LogP contribution in [-0.4, -0.2) is 28.5 Å². The van der Waals surface area contributed by atoms with Crippen LogP contribution in [0.25, 0.3) is 0 Å². The summed E-state index contributed by atoms with van der Waals surface area (Å²) < 4.78 is 0. The van der Waals surface area contributed by atoms with Gasteiger partial charge in [0.15, 0.2) is 0 Å². The average molecular weight is 363 g/mol. The number of nitrogens with one attached hydrogen (secondary N) is 2. The van der Waals surface area contributed by atoms with Crippen molar-refractivity contribution in [2.24, 2.45) is 5.92 Å². The summed E-state index contributed by atoms with van der Waals surface area (Å²) in [6.07, 6.45) is 8.30. The molecular weight excluding hydrogens is 336 g/mol. The number of carboxylic acid groups (broad SMARTS) is 1. The molecule has 3 N–H and O–H groups in total. The maximum absolute atomic E-state index is 11.5. The highest BCUT2D eigenvalue weighted by Gasteiger charge is 2.46. The minimum Gasteiger partial charge on any atom is -0.480 e. The summed E-state index contributed by atoms with van der Waals surface area (Å²) in [6.45, 7) is 0. The van der Waals surface area contributed by atoms with Crippen molar-refractivity contribution >= 4 is 17.6 Å². The lowest BCUT2D eigenvalue weighted by atomic mass is 9.73. The molecular formula is C20H27ClN2O2. The summed E-state index contributed by atoms with van der Waals surface area (Å²) in [5.41, 5.74) is 8.78.